The van der Waals surface area contributed by atoms with Crippen LogP contribution in [0.4, 0.5) is 5.13 Å². The molecule has 1 aromatic heterocycles. The molecule has 0 saturated heterocycles. The van der Waals surface area contributed by atoms with Gasteiger partial charge in [0.15, 0.2) is 15.0 Å². The quantitative estimate of drug-likeness (QED) is 0.585. The number of nitrogens with zero attached hydrogens (tertiary/aromatic N) is 1. The Morgan fingerprint density at radius 3 is 2.24 bits per heavy atom. The third-order valence-corrected chi connectivity index (χ3v) is 7.39. The van der Waals surface area contributed by atoms with Gasteiger partial charge in [0.05, 0.1) is 16.0 Å². The molecule has 0 atom stereocenters. The fraction of sp³-hybridized carbons (Fsp3) is 0.150. The molecule has 0 spiro atoms. The SMILES string of the molecule is CCc1sc(NS(=O)(=O)/C=C/c2ccc(S(C)(=O)=O)cc2)nc1-c1ccccc1. The second-order valence-corrected chi connectivity index (χ2v) is 11.0. The molecular weight excluding hydrogens is 428 g/mol. The van der Waals surface area contributed by atoms with Crippen LogP contribution >= 0.6 is 11.3 Å². The minimum absolute atomic E-state index is 0.180. The van der Waals surface area contributed by atoms with Crippen molar-refractivity contribution in [2.24, 2.45) is 0 Å². The Bertz CT molecular complexity index is 1230. The van der Waals surface area contributed by atoms with Gasteiger partial charge < -0.3 is 0 Å². The van der Waals surface area contributed by atoms with E-state index < -0.39 is 19.9 Å². The second-order valence-electron chi connectivity index (χ2n) is 6.30. The third-order valence-electron chi connectivity index (χ3n) is 4.04. The molecule has 0 bridgehead atoms. The van der Waals surface area contributed by atoms with E-state index in [0.29, 0.717) is 10.7 Å². The number of hydrogen-bond acceptors (Lipinski definition) is 6. The van der Waals surface area contributed by atoms with Crippen molar-refractivity contribution in [2.45, 2.75) is 18.2 Å². The van der Waals surface area contributed by atoms with Crippen LogP contribution in [-0.4, -0.2) is 28.1 Å². The first-order valence-corrected chi connectivity index (χ1v) is 13.0. The molecular formula is C20H20N2O4S3. The van der Waals surface area contributed by atoms with Crippen molar-refractivity contribution in [2.75, 3.05) is 11.0 Å². The smallest absolute Gasteiger partial charge is 0.255 e. The molecule has 3 rings (SSSR count). The summed E-state index contributed by atoms with van der Waals surface area (Å²) >= 11 is 1.31. The molecule has 1 N–H and O–H groups in total. The fourth-order valence-electron chi connectivity index (χ4n) is 2.61. The van der Waals surface area contributed by atoms with Crippen molar-refractivity contribution in [1.82, 2.24) is 4.98 Å². The zero-order valence-corrected chi connectivity index (χ0v) is 18.3. The van der Waals surface area contributed by atoms with Crippen molar-refractivity contribution in [3.63, 3.8) is 0 Å². The molecule has 1 heterocycles. The maximum Gasteiger partial charge on any atom is 0.256 e. The van der Waals surface area contributed by atoms with Gasteiger partial charge in [-0.25, -0.2) is 21.8 Å². The summed E-state index contributed by atoms with van der Waals surface area (Å²) in [6, 6.07) is 15.6. The van der Waals surface area contributed by atoms with Crippen molar-refractivity contribution in [3.05, 3.63) is 70.4 Å². The highest BCUT2D eigenvalue weighted by Gasteiger charge is 2.15. The van der Waals surface area contributed by atoms with Crippen molar-refractivity contribution >= 4 is 42.4 Å². The second kappa shape index (κ2) is 8.48. The normalized spacial score (nSPS) is 12.3. The number of benzene rings is 2. The summed E-state index contributed by atoms with van der Waals surface area (Å²) in [6.07, 6.45) is 3.27. The molecule has 0 fully saturated rings. The highest BCUT2D eigenvalue weighted by Crippen LogP contribution is 2.32. The standard InChI is InChI=1S/C20H20N2O4S3/c1-3-18-19(16-7-5-4-6-8-16)21-20(27-18)22-29(25,26)14-13-15-9-11-17(12-10-15)28(2,23)24/h4-14H,3H2,1-2H3,(H,21,22)/b14-13+. The van der Waals surface area contributed by atoms with Gasteiger partial charge in [-0.2, -0.15) is 0 Å². The largest absolute Gasteiger partial charge is 0.256 e. The Morgan fingerprint density at radius 1 is 1.00 bits per heavy atom. The monoisotopic (exact) mass is 448 g/mol. The first-order chi connectivity index (χ1) is 13.7. The molecule has 152 valence electrons. The van der Waals surface area contributed by atoms with Crippen molar-refractivity contribution < 1.29 is 16.8 Å². The molecule has 0 radical (unpaired) electrons. The molecule has 29 heavy (non-hydrogen) atoms. The molecule has 0 aliphatic heterocycles. The highest BCUT2D eigenvalue weighted by atomic mass is 32.2. The number of aryl methyl sites for hydroxylation is 1. The van der Waals surface area contributed by atoms with Gasteiger partial charge in [0.1, 0.15) is 0 Å². The lowest BCUT2D eigenvalue weighted by molar-refractivity contribution is 0.601. The molecule has 0 unspecified atom stereocenters. The van der Waals surface area contributed by atoms with Gasteiger partial charge in [0, 0.05) is 16.7 Å². The Balaban J connectivity index is 1.79. The maximum atomic E-state index is 12.4. The zero-order chi connectivity index (χ0) is 21.1. The van der Waals surface area contributed by atoms with Crippen molar-refractivity contribution in [3.8, 4) is 11.3 Å². The topological polar surface area (TPSA) is 93.2 Å². The van der Waals surface area contributed by atoms with Crippen LogP contribution in [0.2, 0.25) is 0 Å². The van der Waals surface area contributed by atoms with E-state index in [2.05, 4.69) is 9.71 Å². The summed E-state index contributed by atoms with van der Waals surface area (Å²) in [5, 5.41) is 1.34. The van der Waals surface area contributed by atoms with Crippen molar-refractivity contribution in [1.29, 1.82) is 0 Å². The van der Waals surface area contributed by atoms with Crippen LogP contribution in [0.15, 0.2) is 64.9 Å². The average Bonchev–Trinajstić information content (AvgIpc) is 3.09. The predicted octanol–water partition coefficient (Wildman–Crippen LogP) is 4.19. The van der Waals surface area contributed by atoms with Crippen LogP contribution in [0.3, 0.4) is 0 Å². The molecule has 0 aliphatic rings. The van der Waals surface area contributed by atoms with Crippen LogP contribution in [0, 0.1) is 0 Å². The van der Waals surface area contributed by atoms with Gasteiger partial charge in [-0.1, -0.05) is 49.4 Å². The van der Waals surface area contributed by atoms with E-state index in [4.69, 9.17) is 0 Å². The molecule has 6 nitrogen and oxygen atoms in total. The van der Waals surface area contributed by atoms with Crippen LogP contribution in [0.1, 0.15) is 17.4 Å². The number of aromatic nitrogens is 1. The minimum atomic E-state index is -3.77. The first-order valence-electron chi connectivity index (χ1n) is 8.74. The number of rotatable bonds is 7. The van der Waals surface area contributed by atoms with Gasteiger partial charge in [-0.05, 0) is 30.2 Å². The van der Waals surface area contributed by atoms with E-state index in [1.54, 1.807) is 12.1 Å². The Morgan fingerprint density at radius 2 is 1.66 bits per heavy atom. The van der Waals surface area contributed by atoms with E-state index >= 15 is 0 Å². The predicted molar refractivity (Wildman–Crippen MR) is 118 cm³/mol. The van der Waals surface area contributed by atoms with Gasteiger partial charge in [0.25, 0.3) is 10.0 Å². The number of thiazole rings is 1. The summed E-state index contributed by atoms with van der Waals surface area (Å²) in [5.41, 5.74) is 2.28. The van der Waals surface area contributed by atoms with Crippen LogP contribution in [0.25, 0.3) is 17.3 Å². The van der Waals surface area contributed by atoms with Gasteiger partial charge in [0.2, 0.25) is 0 Å². The van der Waals surface area contributed by atoms with E-state index in [1.165, 1.54) is 29.5 Å². The number of sulfone groups is 1. The third kappa shape index (κ3) is 5.53. The van der Waals surface area contributed by atoms with E-state index in [-0.39, 0.29) is 4.90 Å². The number of sulfonamides is 1. The van der Waals surface area contributed by atoms with Crippen LogP contribution in [-0.2, 0) is 26.3 Å². The van der Waals surface area contributed by atoms with Crippen LogP contribution in [0.5, 0.6) is 0 Å². The summed E-state index contributed by atoms with van der Waals surface area (Å²) in [5.74, 6) is 0. The summed E-state index contributed by atoms with van der Waals surface area (Å²) in [7, 11) is -7.06. The zero-order valence-electron chi connectivity index (χ0n) is 15.9. The molecule has 0 aliphatic carbocycles. The Labute approximate surface area is 174 Å². The number of hydrogen-bond donors (Lipinski definition) is 1. The minimum Gasteiger partial charge on any atom is -0.255 e. The lowest BCUT2D eigenvalue weighted by atomic mass is 10.1. The number of anilines is 1. The highest BCUT2D eigenvalue weighted by molar-refractivity contribution is 7.95. The molecule has 3 aromatic rings. The van der Waals surface area contributed by atoms with E-state index in [0.717, 1.165) is 34.2 Å². The lowest BCUT2D eigenvalue weighted by Gasteiger charge is -2.01. The summed E-state index contributed by atoms with van der Waals surface area (Å²) in [4.78, 5) is 5.63. The summed E-state index contributed by atoms with van der Waals surface area (Å²) in [6.45, 7) is 2.00. The fourth-order valence-corrected chi connectivity index (χ4v) is 5.22. The first kappa shape index (κ1) is 21.2. The van der Waals surface area contributed by atoms with E-state index in [9.17, 15) is 16.8 Å². The molecule has 0 saturated carbocycles. The van der Waals surface area contributed by atoms with Gasteiger partial charge in [-0.15, -0.1) is 11.3 Å². The molecule has 9 heteroatoms. The Hall–Kier alpha value is -2.49. The summed E-state index contributed by atoms with van der Waals surface area (Å²) < 4.78 is 50.3. The number of nitrogens with one attached hydrogen (secondary N) is 1. The molecule has 2 aromatic carbocycles. The van der Waals surface area contributed by atoms with Crippen LogP contribution < -0.4 is 4.72 Å². The average molecular weight is 449 g/mol. The molecule has 0 amide bonds. The maximum absolute atomic E-state index is 12.4. The lowest BCUT2D eigenvalue weighted by Crippen LogP contribution is -2.08. The van der Waals surface area contributed by atoms with Gasteiger partial charge in [-0.3, -0.25) is 4.72 Å². The Kier molecular flexibility index (Phi) is 6.21. The van der Waals surface area contributed by atoms with E-state index in [1.807, 2.05) is 37.3 Å². The van der Waals surface area contributed by atoms with Gasteiger partial charge >= 0.3 is 0 Å².